The van der Waals surface area contributed by atoms with Crippen molar-refractivity contribution in [3.63, 3.8) is 0 Å². The van der Waals surface area contributed by atoms with Crippen LogP contribution >= 0.6 is 11.3 Å². The fourth-order valence-electron chi connectivity index (χ4n) is 7.55. The van der Waals surface area contributed by atoms with Gasteiger partial charge in [-0.3, -0.25) is 0 Å². The Hall–Kier alpha value is -6.16. The first-order valence-corrected chi connectivity index (χ1v) is 17.5. The molecule has 0 bridgehead atoms. The molecule has 0 aliphatic rings. The van der Waals surface area contributed by atoms with E-state index in [1.165, 1.54) is 63.9 Å². The van der Waals surface area contributed by atoms with E-state index < -0.39 is 0 Å². The molecule has 0 atom stereocenters. The van der Waals surface area contributed by atoms with Gasteiger partial charge in [0.2, 0.25) is 0 Å². The summed E-state index contributed by atoms with van der Waals surface area (Å²) in [6.45, 7) is 0. The third-order valence-corrected chi connectivity index (χ3v) is 10.9. The zero-order chi connectivity index (χ0) is 32.3. The van der Waals surface area contributed by atoms with Gasteiger partial charge in [-0.2, -0.15) is 0 Å². The van der Waals surface area contributed by atoms with Gasteiger partial charge in [-0.05, 0) is 77.2 Å². The molecule has 0 saturated carbocycles. The van der Waals surface area contributed by atoms with Crippen LogP contribution in [-0.4, -0.2) is 4.57 Å². The van der Waals surface area contributed by atoms with Crippen LogP contribution in [0.3, 0.4) is 0 Å². The van der Waals surface area contributed by atoms with Crippen molar-refractivity contribution in [1.82, 2.24) is 4.57 Å². The molecule has 10 rings (SSSR count). The molecule has 0 amide bonds. The van der Waals surface area contributed by atoms with E-state index in [1.54, 1.807) is 0 Å². The largest absolute Gasteiger partial charge is 0.310 e. The summed E-state index contributed by atoms with van der Waals surface area (Å²) < 4.78 is 5.06. The van der Waals surface area contributed by atoms with Crippen molar-refractivity contribution in [3.8, 4) is 16.8 Å². The third-order valence-electron chi connectivity index (χ3n) is 9.73. The van der Waals surface area contributed by atoms with Crippen molar-refractivity contribution in [2.75, 3.05) is 4.90 Å². The molecule has 10 aromatic rings. The van der Waals surface area contributed by atoms with Gasteiger partial charge < -0.3 is 9.47 Å². The van der Waals surface area contributed by atoms with E-state index >= 15 is 0 Å². The molecule has 2 aromatic heterocycles. The van der Waals surface area contributed by atoms with Gasteiger partial charge >= 0.3 is 0 Å². The number of rotatable bonds is 5. The van der Waals surface area contributed by atoms with Crippen LogP contribution in [0.5, 0.6) is 0 Å². The van der Waals surface area contributed by atoms with Gasteiger partial charge in [-0.25, -0.2) is 0 Å². The van der Waals surface area contributed by atoms with Gasteiger partial charge in [-0.1, -0.05) is 121 Å². The average Bonchev–Trinajstić information content (AvgIpc) is 3.72. The molecule has 2 nitrogen and oxygen atoms in total. The SMILES string of the molecule is c1ccc(-c2ccc3c(c2)c2c(N(c4ccccc4)c4ccc5c(c4)sc4ccccc45)cc4ccccc4c2n3-c2ccccc2)cc1. The van der Waals surface area contributed by atoms with E-state index in [0.29, 0.717) is 0 Å². The quantitative estimate of drug-likeness (QED) is 0.181. The van der Waals surface area contributed by atoms with Crippen molar-refractivity contribution in [2.45, 2.75) is 0 Å². The zero-order valence-electron chi connectivity index (χ0n) is 26.6. The van der Waals surface area contributed by atoms with E-state index in [-0.39, 0.29) is 0 Å². The number of fused-ring (bicyclic) bond motifs is 8. The second-order valence-corrected chi connectivity index (χ2v) is 13.6. The number of thiophene rings is 1. The molecule has 49 heavy (non-hydrogen) atoms. The molecule has 2 heterocycles. The van der Waals surface area contributed by atoms with E-state index in [1.807, 2.05) is 11.3 Å². The number of benzene rings is 8. The van der Waals surface area contributed by atoms with Crippen LogP contribution in [-0.2, 0) is 0 Å². The molecule has 0 fully saturated rings. The third kappa shape index (κ3) is 4.47. The van der Waals surface area contributed by atoms with Gasteiger partial charge in [0.25, 0.3) is 0 Å². The fourth-order valence-corrected chi connectivity index (χ4v) is 8.69. The standard InChI is InChI=1S/C46H30N2S/c1-4-14-31(15-5-1)32-24-27-41-40(28-32)45-42(29-33-16-10-11-21-37(33)46(45)48(41)35-19-8-3-9-20-35)47(34-17-6-2-7-18-34)36-25-26-39-38-22-12-13-23-43(38)49-44(39)30-36/h1-30H. The molecule has 0 aliphatic heterocycles. The number of hydrogen-bond acceptors (Lipinski definition) is 2. The molecule has 3 heteroatoms. The molecular weight excluding hydrogens is 613 g/mol. The molecular formula is C46H30N2S. The lowest BCUT2D eigenvalue weighted by molar-refractivity contribution is 1.19. The highest BCUT2D eigenvalue weighted by Crippen LogP contribution is 2.48. The Morgan fingerprint density at radius 2 is 1.10 bits per heavy atom. The maximum absolute atomic E-state index is 2.46. The number of hydrogen-bond donors (Lipinski definition) is 0. The van der Waals surface area contributed by atoms with E-state index in [2.05, 4.69) is 191 Å². The predicted octanol–water partition coefficient (Wildman–Crippen LogP) is 13.4. The Labute approximate surface area is 288 Å². The first-order valence-electron chi connectivity index (χ1n) is 16.7. The Morgan fingerprint density at radius 3 is 1.92 bits per heavy atom. The smallest absolute Gasteiger partial charge is 0.0640 e. The first kappa shape index (κ1) is 27.9. The lowest BCUT2D eigenvalue weighted by Crippen LogP contribution is -2.10. The minimum atomic E-state index is 1.12. The minimum Gasteiger partial charge on any atom is -0.310 e. The van der Waals surface area contributed by atoms with E-state index in [4.69, 9.17) is 0 Å². The maximum Gasteiger partial charge on any atom is 0.0640 e. The van der Waals surface area contributed by atoms with Crippen LogP contribution in [0.1, 0.15) is 0 Å². The average molecular weight is 643 g/mol. The molecule has 0 unspecified atom stereocenters. The summed E-state index contributed by atoms with van der Waals surface area (Å²) in [5.74, 6) is 0. The Kier molecular flexibility index (Phi) is 6.39. The van der Waals surface area contributed by atoms with Crippen molar-refractivity contribution in [1.29, 1.82) is 0 Å². The number of para-hydroxylation sites is 2. The van der Waals surface area contributed by atoms with Crippen LogP contribution in [0.2, 0.25) is 0 Å². The highest BCUT2D eigenvalue weighted by atomic mass is 32.1. The van der Waals surface area contributed by atoms with Gasteiger partial charge in [-0.15, -0.1) is 11.3 Å². The summed E-state index contributed by atoms with van der Waals surface area (Å²) in [7, 11) is 0. The topological polar surface area (TPSA) is 8.17 Å². The normalized spacial score (nSPS) is 11.7. The summed E-state index contributed by atoms with van der Waals surface area (Å²) in [6, 6.07) is 66.2. The molecule has 8 aromatic carbocycles. The predicted molar refractivity (Wildman–Crippen MR) is 211 cm³/mol. The summed E-state index contributed by atoms with van der Waals surface area (Å²) >= 11 is 1.86. The summed E-state index contributed by atoms with van der Waals surface area (Å²) in [6.07, 6.45) is 0. The second kappa shape index (κ2) is 11.2. The van der Waals surface area contributed by atoms with E-state index in [9.17, 15) is 0 Å². The molecule has 0 spiro atoms. The Bertz CT molecular complexity index is 2810. The molecule has 0 N–H and O–H groups in total. The fraction of sp³-hybridized carbons (Fsp3) is 0. The lowest BCUT2D eigenvalue weighted by atomic mass is 9.99. The first-order chi connectivity index (χ1) is 24.3. The Morgan fingerprint density at radius 1 is 0.429 bits per heavy atom. The van der Waals surface area contributed by atoms with Crippen molar-refractivity contribution < 1.29 is 0 Å². The molecule has 0 saturated heterocycles. The van der Waals surface area contributed by atoms with Crippen LogP contribution in [0.25, 0.3) is 69.6 Å². The van der Waals surface area contributed by atoms with Crippen LogP contribution in [0.15, 0.2) is 182 Å². The summed E-state index contributed by atoms with van der Waals surface area (Å²) in [5.41, 5.74) is 9.39. The number of aromatic nitrogens is 1. The molecule has 0 aliphatic carbocycles. The van der Waals surface area contributed by atoms with Gasteiger partial charge in [0.15, 0.2) is 0 Å². The zero-order valence-corrected chi connectivity index (χ0v) is 27.4. The number of anilines is 3. The van der Waals surface area contributed by atoms with Crippen molar-refractivity contribution in [2.24, 2.45) is 0 Å². The van der Waals surface area contributed by atoms with Crippen LogP contribution in [0, 0.1) is 0 Å². The van der Waals surface area contributed by atoms with Gasteiger partial charge in [0.1, 0.15) is 0 Å². The maximum atomic E-state index is 2.46. The Balaban J connectivity index is 1.36. The highest BCUT2D eigenvalue weighted by molar-refractivity contribution is 7.25. The molecule has 230 valence electrons. The number of nitrogens with zero attached hydrogens (tertiary/aromatic N) is 2. The van der Waals surface area contributed by atoms with Crippen molar-refractivity contribution >= 4 is 81.1 Å². The lowest BCUT2D eigenvalue weighted by Gasteiger charge is -2.27. The van der Waals surface area contributed by atoms with Gasteiger partial charge in [0.05, 0.1) is 16.7 Å². The second-order valence-electron chi connectivity index (χ2n) is 12.6. The van der Waals surface area contributed by atoms with Crippen LogP contribution in [0.4, 0.5) is 17.1 Å². The summed E-state index contributed by atoms with van der Waals surface area (Å²) in [5, 5.41) is 7.51. The highest BCUT2D eigenvalue weighted by Gasteiger charge is 2.24. The van der Waals surface area contributed by atoms with Gasteiger partial charge in [0, 0.05) is 53.4 Å². The minimum absolute atomic E-state index is 1.12. The van der Waals surface area contributed by atoms with E-state index in [0.717, 1.165) is 22.7 Å². The van der Waals surface area contributed by atoms with Crippen LogP contribution < -0.4 is 4.90 Å². The molecule has 0 radical (unpaired) electrons. The van der Waals surface area contributed by atoms with Crippen molar-refractivity contribution in [3.05, 3.63) is 182 Å². The monoisotopic (exact) mass is 642 g/mol. The summed E-state index contributed by atoms with van der Waals surface area (Å²) in [4.78, 5) is 2.46.